The van der Waals surface area contributed by atoms with Crippen LogP contribution in [0, 0.1) is 0 Å². The lowest BCUT2D eigenvalue weighted by Gasteiger charge is -2.09. The molecule has 1 aliphatic heterocycles. The Morgan fingerprint density at radius 2 is 1.79 bits per heavy atom. The zero-order chi connectivity index (χ0) is 13.1. The van der Waals surface area contributed by atoms with Gasteiger partial charge in [0.25, 0.3) is 0 Å². The summed E-state index contributed by atoms with van der Waals surface area (Å²) < 4.78 is 5.15. The minimum absolute atomic E-state index is 0.00103. The zero-order valence-electron chi connectivity index (χ0n) is 10.7. The first kappa shape index (κ1) is 11.8. The first-order chi connectivity index (χ1) is 9.36. The molecule has 3 nitrogen and oxygen atoms in total. The van der Waals surface area contributed by atoms with E-state index in [2.05, 4.69) is 17.3 Å². The Labute approximate surface area is 112 Å². The van der Waals surface area contributed by atoms with Crippen molar-refractivity contribution in [3.05, 3.63) is 65.7 Å². The molecule has 1 aliphatic rings. The normalized spacial score (nSPS) is 17.7. The minimum atomic E-state index is 0.00103. The molecule has 96 valence electrons. The summed E-state index contributed by atoms with van der Waals surface area (Å²) >= 11 is 0. The molecule has 0 spiro atoms. The van der Waals surface area contributed by atoms with Gasteiger partial charge in [-0.3, -0.25) is 0 Å². The number of ether oxygens (including phenoxy) is 1. The summed E-state index contributed by atoms with van der Waals surface area (Å²) in [6, 6.07) is 18.1. The van der Waals surface area contributed by atoms with E-state index < -0.39 is 0 Å². The predicted octanol–water partition coefficient (Wildman–Crippen LogP) is 3.56. The van der Waals surface area contributed by atoms with E-state index in [-0.39, 0.29) is 6.10 Å². The Morgan fingerprint density at radius 1 is 1.05 bits per heavy atom. The number of benzene rings is 2. The molecular formula is C16H15NO2. The lowest BCUT2D eigenvalue weighted by Crippen LogP contribution is -2.01. The van der Waals surface area contributed by atoms with Crippen molar-refractivity contribution in [1.29, 1.82) is 0 Å². The van der Waals surface area contributed by atoms with Gasteiger partial charge in [0.15, 0.2) is 6.10 Å². The van der Waals surface area contributed by atoms with Crippen molar-refractivity contribution in [2.45, 2.75) is 12.5 Å². The number of hydrogen-bond acceptors (Lipinski definition) is 3. The molecule has 3 rings (SSSR count). The van der Waals surface area contributed by atoms with Crippen LogP contribution in [-0.4, -0.2) is 12.8 Å². The fourth-order valence-corrected chi connectivity index (χ4v) is 2.18. The highest BCUT2D eigenvalue weighted by atomic mass is 16.6. The van der Waals surface area contributed by atoms with Crippen LogP contribution in [-0.2, 0) is 4.84 Å². The molecule has 0 aromatic heterocycles. The number of hydrogen-bond donors (Lipinski definition) is 0. The fraction of sp³-hybridized carbons (Fsp3) is 0.188. The Hall–Kier alpha value is -2.29. The van der Waals surface area contributed by atoms with Gasteiger partial charge in [-0.2, -0.15) is 0 Å². The molecule has 1 heterocycles. The molecule has 0 amide bonds. The first-order valence-electron chi connectivity index (χ1n) is 6.29. The molecule has 0 bridgehead atoms. The summed E-state index contributed by atoms with van der Waals surface area (Å²) in [5.41, 5.74) is 3.25. The Kier molecular flexibility index (Phi) is 3.19. The van der Waals surface area contributed by atoms with Gasteiger partial charge in [-0.05, 0) is 23.3 Å². The largest absolute Gasteiger partial charge is 0.497 e. The van der Waals surface area contributed by atoms with E-state index in [0.717, 1.165) is 29.0 Å². The van der Waals surface area contributed by atoms with Gasteiger partial charge in [-0.15, -0.1) is 0 Å². The van der Waals surface area contributed by atoms with Crippen LogP contribution in [0.15, 0.2) is 59.8 Å². The molecule has 0 fully saturated rings. The summed E-state index contributed by atoms with van der Waals surface area (Å²) in [6.07, 6.45) is 0.803. The van der Waals surface area contributed by atoms with Crippen LogP contribution in [0.2, 0.25) is 0 Å². The van der Waals surface area contributed by atoms with Gasteiger partial charge < -0.3 is 9.57 Å². The Balaban J connectivity index is 1.73. The molecule has 19 heavy (non-hydrogen) atoms. The lowest BCUT2D eigenvalue weighted by atomic mass is 10.0. The topological polar surface area (TPSA) is 30.8 Å². The summed E-state index contributed by atoms with van der Waals surface area (Å²) in [5, 5.41) is 4.19. The van der Waals surface area contributed by atoms with Gasteiger partial charge in [-0.25, -0.2) is 0 Å². The van der Waals surface area contributed by atoms with Gasteiger partial charge in [0.05, 0.1) is 12.8 Å². The highest BCUT2D eigenvalue weighted by Gasteiger charge is 2.23. The number of nitrogens with zero attached hydrogens (tertiary/aromatic N) is 1. The van der Waals surface area contributed by atoms with Crippen LogP contribution in [0.4, 0.5) is 0 Å². The molecule has 1 atom stereocenters. The Morgan fingerprint density at radius 3 is 2.47 bits per heavy atom. The number of methoxy groups -OCH3 is 1. The average molecular weight is 253 g/mol. The standard InChI is InChI=1S/C16H15NO2/c1-18-14-9-7-13(8-10-14)16-11-15(17-19-16)12-5-3-2-4-6-12/h2-10,16H,11H2,1H3/t16-/m0/s1. The zero-order valence-corrected chi connectivity index (χ0v) is 10.7. The summed E-state index contributed by atoms with van der Waals surface area (Å²) in [4.78, 5) is 5.53. The minimum Gasteiger partial charge on any atom is -0.497 e. The van der Waals surface area contributed by atoms with Gasteiger partial charge in [-0.1, -0.05) is 47.6 Å². The first-order valence-corrected chi connectivity index (χ1v) is 6.29. The number of oxime groups is 1. The van der Waals surface area contributed by atoms with Crippen molar-refractivity contribution in [3.8, 4) is 5.75 Å². The smallest absolute Gasteiger partial charge is 0.158 e. The second kappa shape index (κ2) is 5.14. The van der Waals surface area contributed by atoms with E-state index in [1.807, 2.05) is 42.5 Å². The molecule has 2 aromatic rings. The molecule has 0 saturated heterocycles. The van der Waals surface area contributed by atoms with Gasteiger partial charge >= 0.3 is 0 Å². The molecule has 0 aliphatic carbocycles. The maximum absolute atomic E-state index is 5.53. The predicted molar refractivity (Wildman–Crippen MR) is 74.4 cm³/mol. The SMILES string of the molecule is COc1ccc([C@@H]2CC(c3ccccc3)=NO2)cc1. The quantitative estimate of drug-likeness (QED) is 0.837. The highest BCUT2D eigenvalue weighted by molar-refractivity contribution is 6.01. The van der Waals surface area contributed by atoms with Crippen molar-refractivity contribution < 1.29 is 9.57 Å². The van der Waals surface area contributed by atoms with Crippen LogP contribution in [0.5, 0.6) is 5.75 Å². The van der Waals surface area contributed by atoms with E-state index in [1.165, 1.54) is 0 Å². The summed E-state index contributed by atoms with van der Waals surface area (Å²) in [5.74, 6) is 0.853. The van der Waals surface area contributed by atoms with E-state index in [0.29, 0.717) is 0 Å². The van der Waals surface area contributed by atoms with Crippen molar-refractivity contribution >= 4 is 5.71 Å². The second-order valence-corrected chi connectivity index (χ2v) is 4.48. The van der Waals surface area contributed by atoms with Crippen LogP contribution in [0.3, 0.4) is 0 Å². The monoisotopic (exact) mass is 253 g/mol. The average Bonchev–Trinajstić information content (AvgIpc) is 2.98. The van der Waals surface area contributed by atoms with Crippen molar-refractivity contribution in [2.24, 2.45) is 5.16 Å². The highest BCUT2D eigenvalue weighted by Crippen LogP contribution is 2.30. The van der Waals surface area contributed by atoms with Gasteiger partial charge in [0.1, 0.15) is 5.75 Å². The third kappa shape index (κ3) is 2.45. The molecule has 0 saturated carbocycles. The van der Waals surface area contributed by atoms with E-state index >= 15 is 0 Å². The molecule has 0 N–H and O–H groups in total. The third-order valence-corrected chi connectivity index (χ3v) is 3.26. The number of rotatable bonds is 3. The van der Waals surface area contributed by atoms with Crippen LogP contribution in [0.1, 0.15) is 23.7 Å². The lowest BCUT2D eigenvalue weighted by molar-refractivity contribution is 0.0857. The fourth-order valence-electron chi connectivity index (χ4n) is 2.18. The maximum Gasteiger partial charge on any atom is 0.158 e. The van der Waals surface area contributed by atoms with Crippen molar-refractivity contribution in [3.63, 3.8) is 0 Å². The molecule has 2 aromatic carbocycles. The van der Waals surface area contributed by atoms with Crippen LogP contribution in [0.25, 0.3) is 0 Å². The molecule has 0 radical (unpaired) electrons. The summed E-state index contributed by atoms with van der Waals surface area (Å²) in [7, 11) is 1.66. The van der Waals surface area contributed by atoms with Crippen molar-refractivity contribution in [2.75, 3.05) is 7.11 Å². The van der Waals surface area contributed by atoms with Crippen molar-refractivity contribution in [1.82, 2.24) is 0 Å². The second-order valence-electron chi connectivity index (χ2n) is 4.48. The molecular weight excluding hydrogens is 238 g/mol. The van der Waals surface area contributed by atoms with E-state index in [1.54, 1.807) is 7.11 Å². The van der Waals surface area contributed by atoms with Crippen LogP contribution < -0.4 is 4.74 Å². The molecule has 0 unspecified atom stereocenters. The Bertz CT molecular complexity index is 575. The van der Waals surface area contributed by atoms with E-state index in [4.69, 9.17) is 9.57 Å². The van der Waals surface area contributed by atoms with Crippen LogP contribution >= 0.6 is 0 Å². The van der Waals surface area contributed by atoms with Gasteiger partial charge in [0, 0.05) is 6.42 Å². The van der Waals surface area contributed by atoms with Gasteiger partial charge in [0.2, 0.25) is 0 Å². The maximum atomic E-state index is 5.53. The molecule has 3 heteroatoms. The van der Waals surface area contributed by atoms with E-state index in [9.17, 15) is 0 Å². The summed E-state index contributed by atoms with van der Waals surface area (Å²) in [6.45, 7) is 0. The third-order valence-electron chi connectivity index (χ3n) is 3.26.